The summed E-state index contributed by atoms with van der Waals surface area (Å²) in [4.78, 5) is 10.4. The van der Waals surface area contributed by atoms with Gasteiger partial charge in [0.2, 0.25) is 16.0 Å². The second-order valence-electron chi connectivity index (χ2n) is 9.11. The molecule has 184 valence electrons. The molecule has 10 heteroatoms. The van der Waals surface area contributed by atoms with E-state index in [0.717, 1.165) is 32.4 Å². The van der Waals surface area contributed by atoms with Crippen molar-refractivity contribution < 1.29 is 13.5 Å². The van der Waals surface area contributed by atoms with Crippen LogP contribution in [0.4, 0.5) is 5.69 Å². The van der Waals surface area contributed by atoms with Crippen molar-refractivity contribution in [2.75, 3.05) is 45.6 Å². The first kappa shape index (κ1) is 27.0. The molecule has 0 radical (unpaired) electrons. The van der Waals surface area contributed by atoms with Crippen LogP contribution in [0, 0.1) is 5.92 Å². The number of hydrogen-bond acceptors (Lipinski definition) is 6. The minimum Gasteiger partial charge on any atom is -0.389 e. The Morgan fingerprint density at radius 3 is 2.58 bits per heavy atom. The quantitative estimate of drug-likeness (QED) is 0.352. The first-order valence-electron chi connectivity index (χ1n) is 11.1. The van der Waals surface area contributed by atoms with Crippen LogP contribution in [0.5, 0.6) is 0 Å². The van der Waals surface area contributed by atoms with Gasteiger partial charge in [0.15, 0.2) is 0 Å². The molecule has 1 aromatic carbocycles. The molecule has 1 heterocycles. The zero-order valence-corrected chi connectivity index (χ0v) is 21.0. The molecule has 0 amide bonds. The van der Waals surface area contributed by atoms with Gasteiger partial charge in [0.25, 0.3) is 0 Å². The monoisotopic (exact) mass is 478 g/mol. The Morgan fingerprint density at radius 2 is 2.00 bits per heavy atom. The molecule has 1 saturated heterocycles. The van der Waals surface area contributed by atoms with E-state index in [0.29, 0.717) is 30.5 Å². The zero-order chi connectivity index (χ0) is 24.6. The first-order chi connectivity index (χ1) is 15.4. The molecule has 3 N–H and O–H groups in total. The molecule has 33 heavy (non-hydrogen) atoms. The van der Waals surface area contributed by atoms with Crippen LogP contribution in [-0.2, 0) is 10.0 Å². The van der Waals surface area contributed by atoms with Gasteiger partial charge in [-0.2, -0.15) is 4.99 Å². The van der Waals surface area contributed by atoms with Crippen molar-refractivity contribution in [1.82, 2.24) is 14.5 Å². The summed E-state index contributed by atoms with van der Waals surface area (Å²) in [6.07, 6.45) is 2.94. The average molecular weight is 479 g/mol. The second-order valence-corrected chi connectivity index (χ2v) is 11.2. The Kier molecular flexibility index (Phi) is 9.59. The number of guanidine groups is 1. The minimum atomic E-state index is -3.59. The van der Waals surface area contributed by atoms with E-state index in [1.807, 2.05) is 13.8 Å². The summed E-state index contributed by atoms with van der Waals surface area (Å²) >= 11 is 0. The number of aliphatic imine (C=N–C) groups is 2. The van der Waals surface area contributed by atoms with E-state index in [-0.39, 0.29) is 10.9 Å². The molecule has 0 aromatic heterocycles. The Labute approximate surface area is 198 Å². The number of rotatable bonds is 10. The number of β-amino-alcohol motifs (C(OH)–C–C–N with tert-alkyl or cyclic N) is 1. The van der Waals surface area contributed by atoms with Gasteiger partial charge >= 0.3 is 0 Å². The molecule has 0 bridgehead atoms. The molecule has 1 atom stereocenters. The van der Waals surface area contributed by atoms with Crippen molar-refractivity contribution >= 4 is 28.4 Å². The van der Waals surface area contributed by atoms with Crippen molar-refractivity contribution in [2.45, 2.75) is 43.6 Å². The number of aliphatic hydroxyl groups is 1. The van der Waals surface area contributed by atoms with Gasteiger partial charge < -0.3 is 20.6 Å². The zero-order valence-electron chi connectivity index (χ0n) is 20.2. The Bertz CT molecular complexity index is 938. The van der Waals surface area contributed by atoms with E-state index < -0.39 is 15.6 Å². The summed E-state index contributed by atoms with van der Waals surface area (Å²) in [5.74, 6) is 1.10. The number of piperidine rings is 1. The minimum absolute atomic E-state index is 0.229. The molecule has 2 rings (SSSR count). The molecule has 1 fully saturated rings. The van der Waals surface area contributed by atoms with E-state index in [2.05, 4.69) is 38.8 Å². The maximum Gasteiger partial charge on any atom is 0.242 e. The highest BCUT2D eigenvalue weighted by Gasteiger charge is 2.26. The third-order valence-corrected chi connectivity index (χ3v) is 7.43. The van der Waals surface area contributed by atoms with E-state index in [4.69, 9.17) is 0 Å². The molecular weight excluding hydrogens is 440 g/mol. The van der Waals surface area contributed by atoms with Crippen molar-refractivity contribution in [3.8, 4) is 0 Å². The Balaban J connectivity index is 1.96. The van der Waals surface area contributed by atoms with E-state index in [9.17, 15) is 13.5 Å². The molecule has 9 nitrogen and oxygen atoms in total. The van der Waals surface area contributed by atoms with Gasteiger partial charge in [0.1, 0.15) is 5.82 Å². The lowest BCUT2D eigenvalue weighted by Crippen LogP contribution is -2.44. The van der Waals surface area contributed by atoms with Crippen molar-refractivity contribution in [2.24, 2.45) is 15.9 Å². The number of anilines is 1. The molecular formula is C23H38N6O3S. The lowest BCUT2D eigenvalue weighted by Gasteiger charge is -2.36. The third kappa shape index (κ3) is 8.54. The molecule has 0 aliphatic carbocycles. The molecule has 1 unspecified atom stereocenters. The predicted molar refractivity (Wildman–Crippen MR) is 135 cm³/mol. The summed E-state index contributed by atoms with van der Waals surface area (Å²) in [5, 5.41) is 15.9. The number of nitrogens with one attached hydrogen (secondary N) is 2. The predicted octanol–water partition coefficient (Wildman–Crippen LogP) is 2.34. The lowest BCUT2D eigenvalue weighted by atomic mass is 9.94. The highest BCUT2D eigenvalue weighted by Crippen LogP contribution is 2.23. The van der Waals surface area contributed by atoms with Crippen LogP contribution in [0.3, 0.4) is 0 Å². The fraction of sp³-hybridized carbons (Fsp3) is 0.565. The van der Waals surface area contributed by atoms with Gasteiger partial charge in [-0.1, -0.05) is 6.58 Å². The summed E-state index contributed by atoms with van der Waals surface area (Å²) in [7, 11) is -0.277. The highest BCUT2D eigenvalue weighted by atomic mass is 32.2. The van der Waals surface area contributed by atoms with Gasteiger partial charge in [-0.3, -0.25) is 0 Å². The summed E-state index contributed by atoms with van der Waals surface area (Å²) in [6, 6.07) is 6.46. The Morgan fingerprint density at radius 1 is 1.33 bits per heavy atom. The number of likely N-dealkylation sites (tertiary alicyclic amines) is 1. The smallest absolute Gasteiger partial charge is 0.242 e. The van der Waals surface area contributed by atoms with E-state index >= 15 is 0 Å². The van der Waals surface area contributed by atoms with Gasteiger partial charge in [0, 0.05) is 39.4 Å². The van der Waals surface area contributed by atoms with E-state index in [1.165, 1.54) is 4.31 Å². The number of benzene rings is 1. The summed E-state index contributed by atoms with van der Waals surface area (Å²) in [5.41, 5.74) is -0.0844. The summed E-state index contributed by atoms with van der Waals surface area (Å²) in [6.45, 7) is 13.8. The Hall–Kier alpha value is -2.27. The van der Waals surface area contributed by atoms with Gasteiger partial charge in [-0.05, 0) is 76.6 Å². The third-order valence-electron chi connectivity index (χ3n) is 5.56. The first-order valence-corrected chi connectivity index (χ1v) is 12.6. The number of nitrogens with zero attached hydrogens (tertiary/aromatic N) is 4. The number of sulfonamides is 1. The fourth-order valence-corrected chi connectivity index (χ4v) is 5.05. The normalized spacial score (nSPS) is 18.2. The van der Waals surface area contributed by atoms with Gasteiger partial charge in [0.05, 0.1) is 10.5 Å². The van der Waals surface area contributed by atoms with Crippen LogP contribution in [0.15, 0.2) is 51.5 Å². The maximum atomic E-state index is 13.0. The fourth-order valence-electron chi connectivity index (χ4n) is 3.87. The van der Waals surface area contributed by atoms with Crippen molar-refractivity contribution in [1.29, 1.82) is 0 Å². The summed E-state index contributed by atoms with van der Waals surface area (Å²) < 4.78 is 27.5. The molecule has 1 aromatic rings. The largest absolute Gasteiger partial charge is 0.389 e. The van der Waals surface area contributed by atoms with E-state index in [1.54, 1.807) is 38.4 Å². The van der Waals surface area contributed by atoms with Crippen molar-refractivity contribution in [3.05, 3.63) is 36.7 Å². The lowest BCUT2D eigenvalue weighted by molar-refractivity contribution is 0.0206. The van der Waals surface area contributed by atoms with Crippen LogP contribution in [-0.4, -0.2) is 81.3 Å². The van der Waals surface area contributed by atoms with Crippen LogP contribution < -0.4 is 10.6 Å². The molecule has 1 aliphatic rings. The standard InChI is InChI=1S/C23H38N6O3S/c1-18(24-4)26-22(25-5)27-20-9-11-21(12-10-20)33(31,32)28(6)15-13-19-8-7-14-29(16-19)17-23(2,3)30/h9-12,19,24,30H,1,5,7-8,13-17H2,2-4,6H3,(H,26,27). The highest BCUT2D eigenvalue weighted by molar-refractivity contribution is 7.89. The second kappa shape index (κ2) is 11.7. The topological polar surface area (TPSA) is 110 Å². The van der Waals surface area contributed by atoms with Gasteiger partial charge in [-0.15, -0.1) is 0 Å². The van der Waals surface area contributed by atoms with Crippen molar-refractivity contribution in [3.63, 3.8) is 0 Å². The van der Waals surface area contributed by atoms with Gasteiger partial charge in [-0.25, -0.2) is 17.7 Å². The molecule has 0 spiro atoms. The van der Waals surface area contributed by atoms with Crippen LogP contribution in [0.25, 0.3) is 0 Å². The molecule has 0 saturated carbocycles. The maximum absolute atomic E-state index is 13.0. The SMILES string of the molecule is C=N/C(=N\C(=C)NC)Nc1ccc(S(=O)(=O)N(C)CCC2CCCN(CC(C)(C)O)C2)cc1. The van der Waals surface area contributed by atoms with Crippen LogP contribution in [0.1, 0.15) is 33.1 Å². The molecule has 1 aliphatic heterocycles. The van der Waals surface area contributed by atoms with Crippen LogP contribution in [0.2, 0.25) is 0 Å². The average Bonchev–Trinajstić information content (AvgIpc) is 2.76. The number of hydrogen-bond donors (Lipinski definition) is 3. The van der Waals surface area contributed by atoms with Crippen LogP contribution >= 0.6 is 0 Å².